The van der Waals surface area contributed by atoms with E-state index in [0.29, 0.717) is 45.2 Å². The fourth-order valence-electron chi connectivity index (χ4n) is 3.00. The van der Waals surface area contributed by atoms with Crippen LogP contribution >= 0.6 is 0 Å². The van der Waals surface area contributed by atoms with Crippen molar-refractivity contribution >= 4 is 29.6 Å². The number of unbranched alkanes of at least 4 members (excludes halogenated alkanes) is 2. The molecule has 0 aliphatic carbocycles. The maximum Gasteiger partial charge on any atom is 0.326 e. The van der Waals surface area contributed by atoms with Crippen molar-refractivity contribution in [2.45, 2.75) is 82.1 Å². The summed E-state index contributed by atoms with van der Waals surface area (Å²) in [6.45, 7) is 2.04. The summed E-state index contributed by atoms with van der Waals surface area (Å²) in [5.41, 5.74) is 21.8. The molecule has 0 saturated heterocycles. The quantitative estimate of drug-likeness (QED) is 0.0852. The number of carboxylic acids is 1. The lowest BCUT2D eigenvalue weighted by atomic mass is 10.0. The molecular formula is C20H39N7O7. The van der Waals surface area contributed by atoms with Crippen molar-refractivity contribution < 1.29 is 34.2 Å². The van der Waals surface area contributed by atoms with Gasteiger partial charge in [0.25, 0.3) is 0 Å². The minimum atomic E-state index is -1.64. The van der Waals surface area contributed by atoms with E-state index in [1.165, 1.54) is 6.92 Å². The Labute approximate surface area is 198 Å². The van der Waals surface area contributed by atoms with Gasteiger partial charge < -0.3 is 49.1 Å². The lowest BCUT2D eigenvalue weighted by Crippen LogP contribution is -2.60. The van der Waals surface area contributed by atoms with E-state index < -0.39 is 66.3 Å². The number of hydrogen-bond donors (Lipinski definition) is 9. The zero-order valence-electron chi connectivity index (χ0n) is 19.5. The first-order valence-electron chi connectivity index (χ1n) is 11.2. The first kappa shape index (κ1) is 31.2. The number of nitrogens with one attached hydrogen (secondary N) is 3. The Morgan fingerprint density at radius 1 is 0.794 bits per heavy atom. The molecule has 14 nitrogen and oxygen atoms in total. The van der Waals surface area contributed by atoms with Crippen molar-refractivity contribution in [1.29, 1.82) is 0 Å². The second-order valence-electron chi connectivity index (χ2n) is 8.03. The molecule has 0 aromatic carbocycles. The lowest BCUT2D eigenvalue weighted by Gasteiger charge is -2.26. The molecule has 34 heavy (non-hydrogen) atoms. The zero-order chi connectivity index (χ0) is 26.3. The summed E-state index contributed by atoms with van der Waals surface area (Å²) in [5, 5.41) is 26.1. The maximum atomic E-state index is 12.9. The predicted octanol–water partition coefficient (Wildman–Crippen LogP) is -3.63. The van der Waals surface area contributed by atoms with E-state index in [0.717, 1.165) is 0 Å². The highest BCUT2D eigenvalue weighted by Gasteiger charge is 2.33. The van der Waals surface area contributed by atoms with Crippen LogP contribution in [-0.4, -0.2) is 83.2 Å². The number of amides is 4. The molecule has 0 aromatic heterocycles. The maximum absolute atomic E-state index is 12.9. The third-order valence-electron chi connectivity index (χ3n) is 4.97. The van der Waals surface area contributed by atoms with Crippen LogP contribution in [0.3, 0.4) is 0 Å². The van der Waals surface area contributed by atoms with Crippen molar-refractivity contribution in [2.24, 2.45) is 22.9 Å². The van der Waals surface area contributed by atoms with Gasteiger partial charge in [-0.25, -0.2) is 4.79 Å². The number of primary amides is 1. The van der Waals surface area contributed by atoms with Crippen LogP contribution < -0.4 is 38.9 Å². The van der Waals surface area contributed by atoms with Gasteiger partial charge in [0.15, 0.2) is 0 Å². The SMILES string of the molecule is CC(O)C(NC(=O)C(CCCCN)NC(=O)C(N)CCCCN)C(=O)NC(CC(N)=O)C(=O)O. The topological polar surface area (TPSA) is 266 Å². The van der Waals surface area contributed by atoms with Crippen LogP contribution in [0, 0.1) is 0 Å². The van der Waals surface area contributed by atoms with Crippen LogP contribution in [-0.2, 0) is 24.0 Å². The molecule has 5 unspecified atom stereocenters. The smallest absolute Gasteiger partial charge is 0.326 e. The molecule has 0 bridgehead atoms. The Hall–Kier alpha value is -2.81. The second kappa shape index (κ2) is 16.7. The molecule has 196 valence electrons. The third-order valence-corrected chi connectivity index (χ3v) is 4.97. The molecule has 0 radical (unpaired) electrons. The highest BCUT2D eigenvalue weighted by molar-refractivity contribution is 5.95. The van der Waals surface area contributed by atoms with Gasteiger partial charge in [-0.3, -0.25) is 19.2 Å². The van der Waals surface area contributed by atoms with Gasteiger partial charge in [0, 0.05) is 0 Å². The average Bonchev–Trinajstić information content (AvgIpc) is 2.75. The molecule has 0 heterocycles. The summed E-state index contributed by atoms with van der Waals surface area (Å²) >= 11 is 0. The van der Waals surface area contributed by atoms with E-state index in [4.69, 9.17) is 28.0 Å². The number of aliphatic carboxylic acids is 1. The first-order chi connectivity index (χ1) is 15.9. The number of carbonyl (C=O) groups is 5. The standard InChI is InChI=1S/C20H39N7O7/c1-11(28)16(19(32)26-14(20(33)34)10-15(24)29)27-18(31)13(7-3-5-9-22)25-17(30)12(23)6-2-4-8-21/h11-14,16,28H,2-10,21-23H2,1H3,(H2,24,29)(H,25,30)(H,26,32)(H,27,31)(H,33,34). The Morgan fingerprint density at radius 3 is 1.79 bits per heavy atom. The molecule has 0 saturated carbocycles. The number of hydrogen-bond acceptors (Lipinski definition) is 9. The van der Waals surface area contributed by atoms with Gasteiger partial charge in [-0.1, -0.05) is 6.42 Å². The van der Waals surface area contributed by atoms with Crippen molar-refractivity contribution in [3.8, 4) is 0 Å². The van der Waals surface area contributed by atoms with E-state index >= 15 is 0 Å². The molecule has 4 amide bonds. The minimum absolute atomic E-state index is 0.192. The van der Waals surface area contributed by atoms with Crippen LogP contribution in [0.15, 0.2) is 0 Å². The van der Waals surface area contributed by atoms with Gasteiger partial charge in [0.1, 0.15) is 18.1 Å². The van der Waals surface area contributed by atoms with Crippen molar-refractivity contribution in [3.63, 3.8) is 0 Å². The number of nitrogens with two attached hydrogens (primary N) is 4. The van der Waals surface area contributed by atoms with Gasteiger partial charge in [0.2, 0.25) is 23.6 Å². The molecule has 0 aliphatic rings. The van der Waals surface area contributed by atoms with Gasteiger partial charge in [-0.2, -0.15) is 0 Å². The number of aliphatic hydroxyl groups excluding tert-OH is 1. The molecule has 5 atom stereocenters. The molecule has 13 N–H and O–H groups in total. The van der Waals surface area contributed by atoms with E-state index in [-0.39, 0.29) is 6.42 Å². The van der Waals surface area contributed by atoms with E-state index in [1.807, 2.05) is 0 Å². The second-order valence-corrected chi connectivity index (χ2v) is 8.03. The van der Waals surface area contributed by atoms with Crippen LogP contribution in [0.5, 0.6) is 0 Å². The largest absolute Gasteiger partial charge is 0.480 e. The van der Waals surface area contributed by atoms with Crippen molar-refractivity contribution in [3.05, 3.63) is 0 Å². The van der Waals surface area contributed by atoms with Gasteiger partial charge in [-0.15, -0.1) is 0 Å². The lowest BCUT2D eigenvalue weighted by molar-refractivity contribution is -0.144. The molecule has 14 heteroatoms. The van der Waals surface area contributed by atoms with Crippen molar-refractivity contribution in [2.75, 3.05) is 13.1 Å². The van der Waals surface area contributed by atoms with Crippen LogP contribution in [0.4, 0.5) is 0 Å². The first-order valence-corrected chi connectivity index (χ1v) is 11.2. The summed E-state index contributed by atoms with van der Waals surface area (Å²) < 4.78 is 0. The predicted molar refractivity (Wildman–Crippen MR) is 123 cm³/mol. The number of carboxylic acid groups (broad SMARTS) is 1. The van der Waals surface area contributed by atoms with Gasteiger partial charge in [0.05, 0.1) is 18.6 Å². The van der Waals surface area contributed by atoms with Crippen LogP contribution in [0.2, 0.25) is 0 Å². The number of rotatable bonds is 18. The molecule has 0 rings (SSSR count). The number of aliphatic hydroxyl groups is 1. The Morgan fingerprint density at radius 2 is 1.32 bits per heavy atom. The summed E-state index contributed by atoms with van der Waals surface area (Å²) in [7, 11) is 0. The van der Waals surface area contributed by atoms with E-state index in [1.54, 1.807) is 0 Å². The highest BCUT2D eigenvalue weighted by atomic mass is 16.4. The fraction of sp³-hybridized carbons (Fsp3) is 0.750. The monoisotopic (exact) mass is 489 g/mol. The Bertz CT molecular complexity index is 690. The number of carbonyl (C=O) groups excluding carboxylic acids is 4. The fourth-order valence-corrected chi connectivity index (χ4v) is 3.00. The summed E-state index contributed by atoms with van der Waals surface area (Å²) in [6.07, 6.45) is 0.855. The van der Waals surface area contributed by atoms with E-state index in [9.17, 15) is 29.1 Å². The van der Waals surface area contributed by atoms with E-state index in [2.05, 4.69) is 16.0 Å². The summed E-state index contributed by atoms with van der Waals surface area (Å²) in [4.78, 5) is 60.2. The zero-order valence-corrected chi connectivity index (χ0v) is 19.5. The minimum Gasteiger partial charge on any atom is -0.480 e. The molecular weight excluding hydrogens is 450 g/mol. The summed E-state index contributed by atoms with van der Waals surface area (Å²) in [6, 6.07) is -5.14. The molecule has 0 spiro atoms. The molecule has 0 aromatic rings. The molecule has 0 aliphatic heterocycles. The highest BCUT2D eigenvalue weighted by Crippen LogP contribution is 2.06. The van der Waals surface area contributed by atoms with Gasteiger partial charge in [-0.05, 0) is 52.1 Å². The Kier molecular flexibility index (Phi) is 15.4. The van der Waals surface area contributed by atoms with Crippen molar-refractivity contribution in [1.82, 2.24) is 16.0 Å². The van der Waals surface area contributed by atoms with Gasteiger partial charge >= 0.3 is 5.97 Å². The average molecular weight is 490 g/mol. The summed E-state index contributed by atoms with van der Waals surface area (Å²) in [5.74, 6) is -4.85. The van der Waals surface area contributed by atoms with Crippen LogP contribution in [0.25, 0.3) is 0 Å². The third kappa shape index (κ3) is 12.4. The Balaban J connectivity index is 5.37. The molecule has 0 fully saturated rings. The van der Waals surface area contributed by atoms with Crippen LogP contribution in [0.1, 0.15) is 51.9 Å². The normalized spacial score (nSPS) is 15.3.